The number of aliphatic hydroxyl groups is 1. The van der Waals surface area contributed by atoms with Crippen LogP contribution in [-0.4, -0.2) is 23.8 Å². The Hall–Kier alpha value is -0.340. The maximum absolute atomic E-state index is 9.28. The number of rotatable bonds is 3. The van der Waals surface area contributed by atoms with Crippen LogP contribution in [0.25, 0.3) is 0 Å². The second-order valence-electron chi connectivity index (χ2n) is 4.26. The van der Waals surface area contributed by atoms with Gasteiger partial charge in [-0.3, -0.25) is 0 Å². The molecule has 0 aromatic carbocycles. The van der Waals surface area contributed by atoms with Crippen LogP contribution >= 0.6 is 0 Å². The molecule has 2 heteroatoms. The summed E-state index contributed by atoms with van der Waals surface area (Å²) in [4.78, 5) is 0. The van der Waals surface area contributed by atoms with E-state index >= 15 is 0 Å². The summed E-state index contributed by atoms with van der Waals surface area (Å²) < 4.78 is 0. The van der Waals surface area contributed by atoms with Crippen LogP contribution in [0.15, 0.2) is 11.6 Å². The molecule has 0 radical (unpaired) electrons. The molecule has 2 nitrogen and oxygen atoms in total. The first-order chi connectivity index (χ1) is 5.58. The van der Waals surface area contributed by atoms with E-state index in [1.54, 1.807) is 0 Å². The molecule has 2 N–H and O–H groups in total. The van der Waals surface area contributed by atoms with Gasteiger partial charge in [0.1, 0.15) is 0 Å². The Morgan fingerprint density at radius 2 is 2.33 bits per heavy atom. The van der Waals surface area contributed by atoms with Gasteiger partial charge in [0.15, 0.2) is 0 Å². The largest absolute Gasteiger partial charge is 0.394 e. The van der Waals surface area contributed by atoms with E-state index in [1.165, 1.54) is 5.57 Å². The zero-order valence-corrected chi connectivity index (χ0v) is 8.22. The monoisotopic (exact) mass is 169 g/mol. The van der Waals surface area contributed by atoms with E-state index in [0.29, 0.717) is 5.92 Å². The van der Waals surface area contributed by atoms with Crippen LogP contribution in [0.4, 0.5) is 0 Å². The number of hydrogen-bond acceptors (Lipinski definition) is 2. The molecule has 1 atom stereocenters. The molecule has 0 aromatic rings. The van der Waals surface area contributed by atoms with Crippen molar-refractivity contribution >= 4 is 0 Å². The zero-order valence-electron chi connectivity index (χ0n) is 8.22. The fourth-order valence-corrected chi connectivity index (χ4v) is 1.91. The van der Waals surface area contributed by atoms with Gasteiger partial charge in [0, 0.05) is 6.54 Å². The van der Waals surface area contributed by atoms with Crippen LogP contribution in [0.2, 0.25) is 0 Å². The molecule has 70 valence electrons. The lowest BCUT2D eigenvalue weighted by Gasteiger charge is -2.27. The standard InChI is InChI=1S/C10H19NO/c1-8(2)4-10(7-12)5-9(3)6-11-10/h5,8,11-12H,4,6-7H2,1-3H3/t10-/m1/s1. The first-order valence-corrected chi connectivity index (χ1v) is 4.62. The Labute approximate surface area is 74.7 Å². The highest BCUT2D eigenvalue weighted by molar-refractivity contribution is 5.21. The van der Waals surface area contributed by atoms with Crippen molar-refractivity contribution in [2.24, 2.45) is 5.92 Å². The molecule has 12 heavy (non-hydrogen) atoms. The fraction of sp³-hybridized carbons (Fsp3) is 0.800. The lowest BCUT2D eigenvalue weighted by Crippen LogP contribution is -2.44. The van der Waals surface area contributed by atoms with Gasteiger partial charge >= 0.3 is 0 Å². The maximum atomic E-state index is 9.28. The molecule has 0 bridgehead atoms. The Kier molecular flexibility index (Phi) is 2.91. The zero-order chi connectivity index (χ0) is 9.19. The summed E-state index contributed by atoms with van der Waals surface area (Å²) in [5.74, 6) is 0.617. The molecule has 0 spiro atoms. The number of nitrogens with one attached hydrogen (secondary N) is 1. The predicted molar refractivity (Wildman–Crippen MR) is 51.0 cm³/mol. The maximum Gasteiger partial charge on any atom is 0.0649 e. The van der Waals surface area contributed by atoms with Crippen molar-refractivity contribution in [1.82, 2.24) is 5.32 Å². The fourth-order valence-electron chi connectivity index (χ4n) is 1.91. The van der Waals surface area contributed by atoms with Gasteiger partial charge in [-0.1, -0.05) is 25.5 Å². The van der Waals surface area contributed by atoms with Crippen molar-refractivity contribution in [1.29, 1.82) is 0 Å². The molecule has 1 rings (SSSR count). The van der Waals surface area contributed by atoms with Crippen LogP contribution < -0.4 is 5.32 Å². The van der Waals surface area contributed by atoms with Gasteiger partial charge in [-0.15, -0.1) is 0 Å². The Bertz CT molecular complexity index is 186. The van der Waals surface area contributed by atoms with Crippen molar-refractivity contribution in [3.63, 3.8) is 0 Å². The van der Waals surface area contributed by atoms with Crippen molar-refractivity contribution < 1.29 is 5.11 Å². The van der Waals surface area contributed by atoms with E-state index in [9.17, 15) is 5.11 Å². The minimum Gasteiger partial charge on any atom is -0.394 e. The SMILES string of the molecule is CC1=C[C@@](CO)(CC(C)C)NC1. The first-order valence-electron chi connectivity index (χ1n) is 4.62. The topological polar surface area (TPSA) is 32.3 Å². The van der Waals surface area contributed by atoms with E-state index in [2.05, 4.69) is 32.2 Å². The van der Waals surface area contributed by atoms with Gasteiger partial charge in [0.2, 0.25) is 0 Å². The van der Waals surface area contributed by atoms with Gasteiger partial charge in [-0.2, -0.15) is 0 Å². The molecule has 0 aromatic heterocycles. The van der Waals surface area contributed by atoms with Crippen molar-refractivity contribution in [2.75, 3.05) is 13.2 Å². The minimum atomic E-state index is -0.127. The molecule has 1 aliphatic heterocycles. The quantitative estimate of drug-likeness (QED) is 0.624. The van der Waals surface area contributed by atoms with Crippen molar-refractivity contribution in [2.45, 2.75) is 32.7 Å². The normalized spacial score (nSPS) is 29.6. The summed E-state index contributed by atoms with van der Waals surface area (Å²) in [6.07, 6.45) is 3.19. The Morgan fingerprint density at radius 3 is 2.67 bits per heavy atom. The van der Waals surface area contributed by atoms with E-state index < -0.39 is 0 Å². The molecule has 0 fully saturated rings. The van der Waals surface area contributed by atoms with Gasteiger partial charge < -0.3 is 10.4 Å². The second-order valence-corrected chi connectivity index (χ2v) is 4.26. The third-order valence-electron chi connectivity index (χ3n) is 2.30. The van der Waals surface area contributed by atoms with Crippen LogP contribution in [0.5, 0.6) is 0 Å². The van der Waals surface area contributed by atoms with Crippen molar-refractivity contribution in [3.05, 3.63) is 11.6 Å². The third kappa shape index (κ3) is 2.08. The summed E-state index contributed by atoms with van der Waals surface area (Å²) in [6.45, 7) is 7.60. The van der Waals surface area contributed by atoms with Crippen LogP contribution in [0, 0.1) is 5.92 Å². The Morgan fingerprint density at radius 1 is 1.67 bits per heavy atom. The summed E-state index contributed by atoms with van der Waals surface area (Å²) >= 11 is 0. The van der Waals surface area contributed by atoms with E-state index in [0.717, 1.165) is 13.0 Å². The summed E-state index contributed by atoms with van der Waals surface area (Å²) in [5.41, 5.74) is 1.21. The molecular formula is C10H19NO. The lowest BCUT2D eigenvalue weighted by molar-refractivity contribution is 0.185. The Balaban J connectivity index is 2.65. The summed E-state index contributed by atoms with van der Waals surface area (Å²) in [5, 5.41) is 12.6. The first kappa shape index (κ1) is 9.75. The molecule has 0 unspecified atom stereocenters. The minimum absolute atomic E-state index is 0.127. The highest BCUT2D eigenvalue weighted by Gasteiger charge is 2.30. The second kappa shape index (κ2) is 3.58. The molecule has 0 saturated carbocycles. The smallest absolute Gasteiger partial charge is 0.0649 e. The average Bonchev–Trinajstić information content (AvgIpc) is 2.32. The van der Waals surface area contributed by atoms with Gasteiger partial charge in [-0.25, -0.2) is 0 Å². The number of hydrogen-bond donors (Lipinski definition) is 2. The molecule has 1 heterocycles. The van der Waals surface area contributed by atoms with Gasteiger partial charge in [0.05, 0.1) is 12.1 Å². The van der Waals surface area contributed by atoms with E-state index in [1.807, 2.05) is 0 Å². The lowest BCUT2D eigenvalue weighted by atomic mass is 9.90. The highest BCUT2D eigenvalue weighted by atomic mass is 16.3. The van der Waals surface area contributed by atoms with Crippen LogP contribution in [0.1, 0.15) is 27.2 Å². The molecule has 1 aliphatic rings. The third-order valence-corrected chi connectivity index (χ3v) is 2.30. The summed E-state index contributed by atoms with van der Waals surface area (Å²) in [7, 11) is 0. The van der Waals surface area contributed by atoms with Crippen molar-refractivity contribution in [3.8, 4) is 0 Å². The molecule has 0 aliphatic carbocycles. The predicted octanol–water partition coefficient (Wildman–Crippen LogP) is 1.31. The highest BCUT2D eigenvalue weighted by Crippen LogP contribution is 2.23. The van der Waals surface area contributed by atoms with E-state index in [4.69, 9.17) is 0 Å². The summed E-state index contributed by atoms with van der Waals surface area (Å²) in [6, 6.07) is 0. The molecule has 0 amide bonds. The molecule has 0 saturated heterocycles. The van der Waals surface area contributed by atoms with Gasteiger partial charge in [-0.05, 0) is 19.3 Å². The van der Waals surface area contributed by atoms with Gasteiger partial charge in [0.25, 0.3) is 0 Å². The van der Waals surface area contributed by atoms with Crippen LogP contribution in [0.3, 0.4) is 0 Å². The molecular weight excluding hydrogens is 150 g/mol. The van der Waals surface area contributed by atoms with E-state index in [-0.39, 0.29) is 12.1 Å². The number of aliphatic hydroxyl groups excluding tert-OH is 1. The van der Waals surface area contributed by atoms with Crippen LogP contribution in [-0.2, 0) is 0 Å². The average molecular weight is 169 g/mol.